The van der Waals surface area contributed by atoms with E-state index in [1.807, 2.05) is 0 Å². The molecule has 0 aliphatic heterocycles. The normalized spacial score (nSPS) is 10.5. The van der Waals surface area contributed by atoms with Crippen LogP contribution < -0.4 is 5.32 Å². The highest BCUT2D eigenvalue weighted by Gasteiger charge is 2.11. The largest absolute Gasteiger partial charge is 0.444 e. The second-order valence-corrected chi connectivity index (χ2v) is 1.56. The molecule has 0 aliphatic rings. The summed E-state index contributed by atoms with van der Waals surface area (Å²) >= 11 is 0. The van der Waals surface area contributed by atoms with Gasteiger partial charge in [0.25, 0.3) is 5.91 Å². The fourth-order valence-electron chi connectivity index (χ4n) is 0.370. The Hall–Kier alpha value is -1.59. The molecule has 0 bridgehead atoms. The number of carbonyl (C=O) groups excluding carboxylic acids is 1. The van der Waals surface area contributed by atoms with Crippen molar-refractivity contribution in [2.45, 2.75) is 0 Å². The van der Waals surface area contributed by atoms with Crippen LogP contribution in [-0.2, 0) is 9.53 Å². The molecule has 0 fully saturated rings. The number of nitro groups is 1. The molecule has 1 amide bonds. The van der Waals surface area contributed by atoms with Crippen LogP contribution in [0.5, 0.6) is 0 Å². The highest BCUT2D eigenvalue weighted by molar-refractivity contribution is 5.87. The first-order chi connectivity index (χ1) is 5.11. The third-order valence-corrected chi connectivity index (χ3v) is 0.890. The monoisotopic (exact) mass is 160 g/mol. The summed E-state index contributed by atoms with van der Waals surface area (Å²) in [4.78, 5) is 19.7. The smallest absolute Gasteiger partial charge is 0.433 e. The lowest BCUT2D eigenvalue weighted by Gasteiger charge is -1.94. The molecule has 6 heteroatoms. The molecule has 0 aromatic carbocycles. The van der Waals surface area contributed by atoms with Gasteiger partial charge in [0, 0.05) is 7.05 Å². The van der Waals surface area contributed by atoms with Gasteiger partial charge in [0.2, 0.25) is 0 Å². The third kappa shape index (κ3) is 3.19. The molecule has 11 heavy (non-hydrogen) atoms. The molecule has 0 atom stereocenters. The average molecular weight is 160 g/mol. The van der Waals surface area contributed by atoms with Gasteiger partial charge in [-0.2, -0.15) is 0 Å². The van der Waals surface area contributed by atoms with E-state index in [4.69, 9.17) is 0 Å². The summed E-state index contributed by atoms with van der Waals surface area (Å²) in [5.41, 5.74) is 0. The van der Waals surface area contributed by atoms with Crippen molar-refractivity contribution in [2.24, 2.45) is 0 Å². The topological polar surface area (TPSA) is 81.5 Å². The summed E-state index contributed by atoms with van der Waals surface area (Å²) in [6.45, 7) is 0. The van der Waals surface area contributed by atoms with Crippen LogP contribution >= 0.6 is 0 Å². The summed E-state index contributed by atoms with van der Waals surface area (Å²) in [6.07, 6.45) is 0.764. The van der Waals surface area contributed by atoms with Crippen molar-refractivity contribution in [2.75, 3.05) is 14.2 Å². The van der Waals surface area contributed by atoms with E-state index in [0.29, 0.717) is 0 Å². The maximum absolute atomic E-state index is 10.5. The van der Waals surface area contributed by atoms with E-state index in [9.17, 15) is 14.9 Å². The first-order valence-electron chi connectivity index (χ1n) is 2.73. The molecule has 0 saturated carbocycles. The van der Waals surface area contributed by atoms with Crippen LogP contribution in [0.1, 0.15) is 0 Å². The van der Waals surface area contributed by atoms with E-state index in [2.05, 4.69) is 10.1 Å². The number of hydrogen-bond donors (Lipinski definition) is 1. The highest BCUT2D eigenvalue weighted by Crippen LogP contribution is 1.94. The second-order valence-electron chi connectivity index (χ2n) is 1.56. The number of carbonyl (C=O) groups is 1. The maximum atomic E-state index is 10.5. The minimum Gasteiger partial charge on any atom is -0.444 e. The number of amides is 1. The van der Waals surface area contributed by atoms with Crippen LogP contribution in [0.4, 0.5) is 0 Å². The fourth-order valence-corrected chi connectivity index (χ4v) is 0.370. The Labute approximate surface area is 63.0 Å². The fraction of sp³-hybridized carbons (Fsp3) is 0.400. The van der Waals surface area contributed by atoms with Crippen molar-refractivity contribution in [1.82, 2.24) is 5.32 Å². The summed E-state index contributed by atoms with van der Waals surface area (Å²) in [6, 6.07) is 0. The number of methoxy groups -OCH3 is 1. The molecule has 0 saturated heterocycles. The van der Waals surface area contributed by atoms with Crippen molar-refractivity contribution >= 4 is 5.91 Å². The number of rotatable bonds is 3. The Balaban J connectivity index is 4.35. The van der Waals surface area contributed by atoms with Gasteiger partial charge in [-0.25, -0.2) is 0 Å². The van der Waals surface area contributed by atoms with Gasteiger partial charge in [-0.3, -0.25) is 14.9 Å². The number of hydrogen-bond acceptors (Lipinski definition) is 4. The third-order valence-electron chi connectivity index (χ3n) is 0.890. The summed E-state index contributed by atoms with van der Waals surface area (Å²) < 4.78 is 4.29. The highest BCUT2D eigenvalue weighted by atomic mass is 16.7. The minimum absolute atomic E-state index is 0.571. The average Bonchev–Trinajstić information content (AvgIpc) is 1.99. The molecule has 62 valence electrons. The summed E-state index contributed by atoms with van der Waals surface area (Å²) in [7, 11) is 2.49. The second kappa shape index (κ2) is 4.26. The number of nitrogens with zero attached hydrogens (tertiary/aromatic N) is 1. The van der Waals surface area contributed by atoms with Crippen LogP contribution in [0.15, 0.2) is 12.0 Å². The number of likely N-dealkylation sites (N-methyl/N-ethyl adjacent to an activating group) is 1. The Kier molecular flexibility index (Phi) is 3.65. The number of nitrogens with one attached hydrogen (secondary N) is 1. The lowest BCUT2D eigenvalue weighted by atomic mass is 10.5. The van der Waals surface area contributed by atoms with Crippen molar-refractivity contribution < 1.29 is 14.5 Å². The standard InChI is InChI=1S/C5H8N2O4/c1-6-4(8)3-5(11-2)7(9)10/h3H,1-2H3,(H,6,8). The lowest BCUT2D eigenvalue weighted by Crippen LogP contribution is -2.17. The molecule has 0 aromatic heterocycles. The Morgan fingerprint density at radius 1 is 1.73 bits per heavy atom. The van der Waals surface area contributed by atoms with E-state index in [1.165, 1.54) is 7.05 Å². The zero-order chi connectivity index (χ0) is 8.85. The van der Waals surface area contributed by atoms with Gasteiger partial charge >= 0.3 is 5.88 Å². The first-order valence-corrected chi connectivity index (χ1v) is 2.73. The van der Waals surface area contributed by atoms with E-state index < -0.39 is 16.7 Å². The van der Waals surface area contributed by atoms with Crippen molar-refractivity contribution in [3.05, 3.63) is 22.1 Å². The van der Waals surface area contributed by atoms with E-state index >= 15 is 0 Å². The van der Waals surface area contributed by atoms with Gasteiger partial charge in [0.05, 0.1) is 7.11 Å². The summed E-state index contributed by atoms with van der Waals surface area (Å²) in [5, 5.41) is 12.2. The van der Waals surface area contributed by atoms with Crippen LogP contribution in [0, 0.1) is 10.1 Å². The maximum Gasteiger partial charge on any atom is 0.433 e. The molecule has 0 heterocycles. The zero-order valence-corrected chi connectivity index (χ0v) is 6.16. The van der Waals surface area contributed by atoms with Crippen LogP contribution in [0.25, 0.3) is 0 Å². The summed E-state index contributed by atoms with van der Waals surface area (Å²) in [5.74, 6) is -1.15. The quantitative estimate of drug-likeness (QED) is 0.261. The van der Waals surface area contributed by atoms with Gasteiger partial charge in [-0.15, -0.1) is 0 Å². The van der Waals surface area contributed by atoms with Gasteiger partial charge in [0.1, 0.15) is 11.0 Å². The predicted octanol–water partition coefficient (Wildman–Crippen LogP) is -0.503. The van der Waals surface area contributed by atoms with Gasteiger partial charge in [-0.05, 0) is 0 Å². The van der Waals surface area contributed by atoms with Crippen molar-refractivity contribution in [3.8, 4) is 0 Å². The molecular formula is C5H8N2O4. The Morgan fingerprint density at radius 3 is 2.55 bits per heavy atom. The molecule has 0 aliphatic carbocycles. The molecule has 0 rings (SSSR count). The van der Waals surface area contributed by atoms with Crippen LogP contribution in [0.3, 0.4) is 0 Å². The molecule has 0 spiro atoms. The minimum atomic E-state index is -0.782. The zero-order valence-electron chi connectivity index (χ0n) is 6.16. The van der Waals surface area contributed by atoms with Gasteiger partial charge < -0.3 is 10.1 Å². The molecule has 1 N–H and O–H groups in total. The Bertz CT molecular complexity index is 199. The molecule has 0 radical (unpaired) electrons. The molecule has 0 aromatic rings. The van der Waals surface area contributed by atoms with E-state index in [1.54, 1.807) is 0 Å². The van der Waals surface area contributed by atoms with Crippen LogP contribution in [-0.4, -0.2) is 25.0 Å². The SMILES string of the molecule is CNC(=O)C=C(OC)[N+](=O)[O-]. The Morgan fingerprint density at radius 2 is 2.27 bits per heavy atom. The lowest BCUT2D eigenvalue weighted by molar-refractivity contribution is -0.461. The van der Waals surface area contributed by atoms with Gasteiger partial charge in [0.15, 0.2) is 0 Å². The predicted molar refractivity (Wildman–Crippen MR) is 36.2 cm³/mol. The van der Waals surface area contributed by atoms with Crippen molar-refractivity contribution in [1.29, 1.82) is 0 Å². The van der Waals surface area contributed by atoms with Crippen molar-refractivity contribution in [3.63, 3.8) is 0 Å². The first kappa shape index (κ1) is 9.41. The van der Waals surface area contributed by atoms with Crippen LogP contribution in [0.2, 0.25) is 0 Å². The van der Waals surface area contributed by atoms with E-state index in [-0.39, 0.29) is 0 Å². The number of ether oxygens (including phenoxy) is 1. The molecule has 6 nitrogen and oxygen atoms in total. The van der Waals surface area contributed by atoms with E-state index in [0.717, 1.165) is 13.2 Å². The molecule has 0 unspecified atom stereocenters. The van der Waals surface area contributed by atoms with Gasteiger partial charge in [-0.1, -0.05) is 0 Å². The molecular weight excluding hydrogens is 152 g/mol.